The molecule has 5 nitrogen and oxygen atoms in total. The Morgan fingerprint density at radius 1 is 1.26 bits per heavy atom. The van der Waals surface area contributed by atoms with E-state index in [1.165, 1.54) is 12.0 Å². The van der Waals surface area contributed by atoms with Crippen molar-refractivity contribution in [3.8, 4) is 0 Å². The van der Waals surface area contributed by atoms with E-state index in [1.54, 1.807) is 4.88 Å². The molecule has 0 saturated carbocycles. The van der Waals surface area contributed by atoms with Gasteiger partial charge in [0.25, 0.3) is 0 Å². The number of fused-ring (bicyclic) bond motifs is 1. The summed E-state index contributed by atoms with van der Waals surface area (Å²) in [6.45, 7) is 7.55. The van der Waals surface area contributed by atoms with Crippen LogP contribution in [-0.4, -0.2) is 48.7 Å². The lowest BCUT2D eigenvalue weighted by atomic mass is 10.1. The molecule has 0 radical (unpaired) electrons. The van der Waals surface area contributed by atoms with Crippen LogP contribution in [0.4, 0.5) is 0 Å². The summed E-state index contributed by atoms with van der Waals surface area (Å²) in [5.74, 6) is 0.825. The smallest absolute Gasteiger partial charge is 0.191 e. The van der Waals surface area contributed by atoms with E-state index in [9.17, 15) is 5.11 Å². The highest BCUT2D eigenvalue weighted by atomic mass is 32.1. The number of thiophene rings is 1. The largest absolute Gasteiger partial charge is 0.388 e. The molecule has 146 valence electrons. The van der Waals surface area contributed by atoms with Gasteiger partial charge in [0, 0.05) is 44.1 Å². The van der Waals surface area contributed by atoms with E-state index in [1.807, 2.05) is 41.7 Å². The maximum atomic E-state index is 10.3. The Hall–Kier alpha value is -1.89. The molecular weight excluding hydrogens is 356 g/mol. The van der Waals surface area contributed by atoms with E-state index in [2.05, 4.69) is 38.9 Å². The van der Waals surface area contributed by atoms with Gasteiger partial charge in [0.05, 0.1) is 6.10 Å². The van der Waals surface area contributed by atoms with Crippen molar-refractivity contribution in [2.24, 2.45) is 4.99 Å². The second kappa shape index (κ2) is 10.4. The number of hydrogen-bond acceptors (Lipinski definition) is 4. The number of benzene rings is 1. The number of guanidine groups is 1. The van der Waals surface area contributed by atoms with Crippen LogP contribution >= 0.6 is 11.3 Å². The Morgan fingerprint density at radius 3 is 2.93 bits per heavy atom. The summed E-state index contributed by atoms with van der Waals surface area (Å²) in [6.07, 6.45) is 1.32. The van der Waals surface area contributed by atoms with E-state index in [0.717, 1.165) is 44.2 Å². The first kappa shape index (κ1) is 19.9. The molecule has 0 amide bonds. The molecule has 2 heterocycles. The number of aliphatic hydroxyl groups is 1. The van der Waals surface area contributed by atoms with Crippen molar-refractivity contribution in [3.63, 3.8) is 0 Å². The van der Waals surface area contributed by atoms with Crippen molar-refractivity contribution in [1.82, 2.24) is 15.5 Å². The molecule has 0 fully saturated rings. The van der Waals surface area contributed by atoms with Gasteiger partial charge in [-0.25, -0.2) is 0 Å². The zero-order valence-corrected chi connectivity index (χ0v) is 16.8. The zero-order chi connectivity index (χ0) is 18.9. The zero-order valence-electron chi connectivity index (χ0n) is 16.0. The minimum atomic E-state index is -0.467. The average molecular weight is 387 g/mol. The first-order valence-corrected chi connectivity index (χ1v) is 10.7. The van der Waals surface area contributed by atoms with Crippen LogP contribution in [0.5, 0.6) is 0 Å². The lowest BCUT2D eigenvalue weighted by molar-refractivity contribution is 0.170. The van der Waals surface area contributed by atoms with Crippen molar-refractivity contribution in [2.75, 3.05) is 32.7 Å². The van der Waals surface area contributed by atoms with Crippen LogP contribution in [0.1, 0.15) is 35.5 Å². The summed E-state index contributed by atoms with van der Waals surface area (Å²) in [5.41, 5.74) is 2.44. The van der Waals surface area contributed by atoms with Gasteiger partial charge in [-0.15, -0.1) is 11.3 Å². The molecule has 0 spiro atoms. The van der Waals surface area contributed by atoms with E-state index in [4.69, 9.17) is 0 Å². The number of aliphatic hydroxyl groups excluding tert-OH is 1. The third kappa shape index (κ3) is 6.06. The molecule has 6 heteroatoms. The minimum Gasteiger partial charge on any atom is -0.388 e. The van der Waals surface area contributed by atoms with Gasteiger partial charge >= 0.3 is 0 Å². The molecule has 1 aromatic heterocycles. The van der Waals surface area contributed by atoms with Gasteiger partial charge in [0.15, 0.2) is 5.96 Å². The van der Waals surface area contributed by atoms with Crippen LogP contribution in [0.2, 0.25) is 0 Å². The maximum absolute atomic E-state index is 10.3. The van der Waals surface area contributed by atoms with Crippen LogP contribution in [0.15, 0.2) is 46.8 Å². The quantitative estimate of drug-likeness (QED) is 0.482. The van der Waals surface area contributed by atoms with Crippen molar-refractivity contribution in [1.29, 1.82) is 0 Å². The summed E-state index contributed by atoms with van der Waals surface area (Å²) in [5, 5.41) is 19.2. The third-order valence-electron chi connectivity index (χ3n) is 4.81. The van der Waals surface area contributed by atoms with Crippen LogP contribution in [-0.2, 0) is 13.0 Å². The fraction of sp³-hybridized carbons (Fsp3) is 0.476. The van der Waals surface area contributed by atoms with Crippen LogP contribution in [0.25, 0.3) is 0 Å². The molecule has 0 aliphatic carbocycles. The van der Waals surface area contributed by atoms with Crippen molar-refractivity contribution in [2.45, 2.75) is 32.4 Å². The average Bonchev–Trinajstić information content (AvgIpc) is 3.16. The molecule has 1 aliphatic heterocycles. The fourth-order valence-electron chi connectivity index (χ4n) is 3.31. The molecule has 1 atom stereocenters. The highest BCUT2D eigenvalue weighted by molar-refractivity contribution is 7.10. The van der Waals surface area contributed by atoms with Gasteiger partial charge in [-0.2, -0.15) is 0 Å². The summed E-state index contributed by atoms with van der Waals surface area (Å²) in [7, 11) is 0. The lowest BCUT2D eigenvalue weighted by Gasteiger charge is -2.27. The Bertz CT molecular complexity index is 716. The molecule has 1 aromatic carbocycles. The topological polar surface area (TPSA) is 59.9 Å². The van der Waals surface area contributed by atoms with Crippen LogP contribution in [0.3, 0.4) is 0 Å². The third-order valence-corrected chi connectivity index (χ3v) is 5.83. The van der Waals surface area contributed by atoms with E-state index in [0.29, 0.717) is 13.0 Å². The van der Waals surface area contributed by atoms with Gasteiger partial charge < -0.3 is 15.7 Å². The normalized spacial score (nSPS) is 16.0. The Kier molecular flexibility index (Phi) is 7.68. The first-order valence-electron chi connectivity index (χ1n) is 9.79. The molecule has 3 N–H and O–H groups in total. The predicted octanol–water partition coefficient (Wildman–Crippen LogP) is 2.79. The number of hydrogen-bond donors (Lipinski definition) is 3. The van der Waals surface area contributed by atoms with Gasteiger partial charge in [-0.05, 0) is 42.3 Å². The monoisotopic (exact) mass is 386 g/mol. The van der Waals surface area contributed by atoms with Gasteiger partial charge in [-0.3, -0.25) is 9.89 Å². The molecule has 0 saturated heterocycles. The molecule has 1 unspecified atom stereocenters. The molecule has 0 bridgehead atoms. The maximum Gasteiger partial charge on any atom is 0.191 e. The van der Waals surface area contributed by atoms with Gasteiger partial charge in [-0.1, -0.05) is 30.3 Å². The molecule has 1 aliphatic rings. The van der Waals surface area contributed by atoms with Crippen LogP contribution < -0.4 is 10.6 Å². The summed E-state index contributed by atoms with van der Waals surface area (Å²) in [6, 6.07) is 12.0. The summed E-state index contributed by atoms with van der Waals surface area (Å²) >= 11 is 1.88. The second-order valence-corrected chi connectivity index (χ2v) is 7.80. The van der Waals surface area contributed by atoms with E-state index >= 15 is 0 Å². The van der Waals surface area contributed by atoms with Crippen molar-refractivity contribution >= 4 is 17.3 Å². The fourth-order valence-corrected chi connectivity index (χ4v) is 4.20. The van der Waals surface area contributed by atoms with Crippen LogP contribution in [0, 0.1) is 0 Å². The van der Waals surface area contributed by atoms with E-state index < -0.39 is 6.10 Å². The summed E-state index contributed by atoms with van der Waals surface area (Å²) in [4.78, 5) is 8.65. The highest BCUT2D eigenvalue weighted by Crippen LogP contribution is 2.23. The molecular formula is C21H30N4OS. The highest BCUT2D eigenvalue weighted by Gasteiger charge is 2.16. The lowest BCUT2D eigenvalue weighted by Crippen LogP contribution is -2.42. The Balaban J connectivity index is 1.41. The number of rotatable bonds is 8. The van der Waals surface area contributed by atoms with Crippen molar-refractivity contribution < 1.29 is 5.11 Å². The van der Waals surface area contributed by atoms with Gasteiger partial charge in [0.2, 0.25) is 0 Å². The molecule has 2 aromatic rings. The Labute approximate surface area is 166 Å². The van der Waals surface area contributed by atoms with E-state index in [-0.39, 0.29) is 0 Å². The second-order valence-electron chi connectivity index (χ2n) is 6.80. The van der Waals surface area contributed by atoms with Gasteiger partial charge in [0.1, 0.15) is 0 Å². The Morgan fingerprint density at radius 2 is 2.11 bits per heavy atom. The standard InChI is InChI=1S/C21H30N4OS/c1-2-22-21(23-11-8-19(26)17-6-4-3-5-7-17)24-12-14-25-13-9-20-18(16-25)10-15-27-20/h3-7,10,15,19,26H,2,8-9,11-14,16H2,1H3,(H2,22,23,24). The molecule has 3 rings (SSSR count). The number of nitrogens with one attached hydrogen (secondary N) is 2. The van der Waals surface area contributed by atoms with Crippen molar-refractivity contribution in [3.05, 3.63) is 57.8 Å². The SMILES string of the molecule is CCNC(=NCCC(O)c1ccccc1)NCCN1CCc2sccc2C1. The number of nitrogens with zero attached hydrogens (tertiary/aromatic N) is 2. The number of aliphatic imine (C=N–C) groups is 1. The summed E-state index contributed by atoms with van der Waals surface area (Å²) < 4.78 is 0. The predicted molar refractivity (Wildman–Crippen MR) is 113 cm³/mol. The minimum absolute atomic E-state index is 0.467. The molecule has 27 heavy (non-hydrogen) atoms. The first-order chi connectivity index (χ1) is 13.3.